The Morgan fingerprint density at radius 1 is 0.808 bits per heavy atom. The molecule has 0 aliphatic carbocycles. The summed E-state index contributed by atoms with van der Waals surface area (Å²) in [5.41, 5.74) is 2.52. The number of ether oxygens (including phenoxy) is 2. The van der Waals surface area contributed by atoms with E-state index < -0.39 is 0 Å². The minimum atomic E-state index is -0.389. The number of aromatic nitrogens is 1. The first-order valence-corrected chi connectivity index (χ1v) is 8.35. The SMILES string of the molecule is O=C(Oc1ccc(OCc2ccccc2)cc1)c1c[nH]c2ccccc12. The van der Waals surface area contributed by atoms with Gasteiger partial charge in [0.1, 0.15) is 18.1 Å². The minimum Gasteiger partial charge on any atom is -0.489 e. The molecule has 1 aromatic heterocycles. The summed E-state index contributed by atoms with van der Waals surface area (Å²) in [6, 6.07) is 24.6. The Hall–Kier alpha value is -3.53. The second-order valence-corrected chi connectivity index (χ2v) is 5.88. The van der Waals surface area contributed by atoms with Crippen molar-refractivity contribution in [3.05, 3.63) is 96.2 Å². The van der Waals surface area contributed by atoms with Crippen LogP contribution in [0.5, 0.6) is 11.5 Å². The normalized spacial score (nSPS) is 10.6. The molecule has 0 saturated carbocycles. The van der Waals surface area contributed by atoms with E-state index in [-0.39, 0.29) is 5.97 Å². The summed E-state index contributed by atoms with van der Waals surface area (Å²) >= 11 is 0. The third-order valence-electron chi connectivity index (χ3n) is 4.09. The van der Waals surface area contributed by atoms with Gasteiger partial charge in [-0.1, -0.05) is 48.5 Å². The molecule has 0 aliphatic rings. The van der Waals surface area contributed by atoms with Crippen LogP contribution in [-0.2, 0) is 6.61 Å². The van der Waals surface area contributed by atoms with E-state index in [0.29, 0.717) is 17.9 Å². The first-order valence-electron chi connectivity index (χ1n) is 8.35. The highest BCUT2D eigenvalue weighted by molar-refractivity contribution is 6.04. The maximum atomic E-state index is 12.4. The molecule has 1 heterocycles. The van der Waals surface area contributed by atoms with Crippen molar-refractivity contribution in [2.75, 3.05) is 0 Å². The molecule has 128 valence electrons. The number of fused-ring (bicyclic) bond motifs is 1. The van der Waals surface area contributed by atoms with E-state index >= 15 is 0 Å². The number of carbonyl (C=O) groups is 1. The minimum absolute atomic E-state index is 0.389. The molecule has 0 bridgehead atoms. The van der Waals surface area contributed by atoms with Crippen LogP contribution in [0.1, 0.15) is 15.9 Å². The van der Waals surface area contributed by atoms with Gasteiger partial charge in [-0.15, -0.1) is 0 Å². The highest BCUT2D eigenvalue weighted by Crippen LogP contribution is 2.22. The van der Waals surface area contributed by atoms with Crippen molar-refractivity contribution in [3.8, 4) is 11.5 Å². The van der Waals surface area contributed by atoms with E-state index in [0.717, 1.165) is 22.2 Å². The molecule has 0 aliphatic heterocycles. The lowest BCUT2D eigenvalue weighted by molar-refractivity contribution is 0.0736. The maximum Gasteiger partial charge on any atom is 0.345 e. The summed E-state index contributed by atoms with van der Waals surface area (Å²) in [4.78, 5) is 15.5. The quantitative estimate of drug-likeness (QED) is 0.411. The average Bonchev–Trinajstić information content (AvgIpc) is 3.12. The molecule has 0 amide bonds. The van der Waals surface area contributed by atoms with Crippen molar-refractivity contribution in [3.63, 3.8) is 0 Å². The summed E-state index contributed by atoms with van der Waals surface area (Å²) in [6.45, 7) is 0.495. The number of aromatic amines is 1. The lowest BCUT2D eigenvalue weighted by Crippen LogP contribution is -2.07. The van der Waals surface area contributed by atoms with Gasteiger partial charge in [-0.25, -0.2) is 4.79 Å². The van der Waals surface area contributed by atoms with Crippen LogP contribution in [0.15, 0.2) is 85.1 Å². The number of hydrogen-bond acceptors (Lipinski definition) is 3. The average molecular weight is 343 g/mol. The van der Waals surface area contributed by atoms with Gasteiger partial charge in [0.2, 0.25) is 0 Å². The number of nitrogens with one attached hydrogen (secondary N) is 1. The van der Waals surface area contributed by atoms with Gasteiger partial charge in [0, 0.05) is 17.1 Å². The summed E-state index contributed by atoms with van der Waals surface area (Å²) in [6.07, 6.45) is 1.67. The number of para-hydroxylation sites is 1. The van der Waals surface area contributed by atoms with E-state index in [1.165, 1.54) is 0 Å². The van der Waals surface area contributed by atoms with Crippen molar-refractivity contribution in [2.24, 2.45) is 0 Å². The predicted molar refractivity (Wildman–Crippen MR) is 100 cm³/mol. The van der Waals surface area contributed by atoms with Crippen LogP contribution in [0.2, 0.25) is 0 Å². The Morgan fingerprint density at radius 2 is 1.50 bits per heavy atom. The molecule has 0 radical (unpaired) electrons. The van der Waals surface area contributed by atoms with E-state index in [9.17, 15) is 4.79 Å². The zero-order chi connectivity index (χ0) is 17.8. The van der Waals surface area contributed by atoms with Crippen LogP contribution in [0.25, 0.3) is 10.9 Å². The third kappa shape index (κ3) is 3.44. The van der Waals surface area contributed by atoms with Gasteiger partial charge < -0.3 is 14.5 Å². The summed E-state index contributed by atoms with van der Waals surface area (Å²) < 4.78 is 11.2. The number of esters is 1. The molecule has 0 fully saturated rings. The van der Waals surface area contributed by atoms with Crippen molar-refractivity contribution in [1.82, 2.24) is 4.98 Å². The van der Waals surface area contributed by atoms with Gasteiger partial charge in [-0.2, -0.15) is 0 Å². The third-order valence-corrected chi connectivity index (χ3v) is 4.09. The van der Waals surface area contributed by atoms with Crippen molar-refractivity contribution < 1.29 is 14.3 Å². The molecule has 1 N–H and O–H groups in total. The second-order valence-electron chi connectivity index (χ2n) is 5.88. The zero-order valence-electron chi connectivity index (χ0n) is 14.0. The lowest BCUT2D eigenvalue weighted by atomic mass is 10.2. The number of benzene rings is 3. The van der Waals surface area contributed by atoms with Crippen LogP contribution in [0.3, 0.4) is 0 Å². The topological polar surface area (TPSA) is 51.3 Å². The summed E-state index contributed by atoms with van der Waals surface area (Å²) in [5, 5.41) is 0.848. The van der Waals surface area contributed by atoms with Gasteiger partial charge in [0.15, 0.2) is 0 Å². The smallest absolute Gasteiger partial charge is 0.345 e. The van der Waals surface area contributed by atoms with Crippen LogP contribution in [0.4, 0.5) is 0 Å². The molecule has 0 unspecified atom stereocenters. The summed E-state index contributed by atoms with van der Waals surface area (Å²) in [5.74, 6) is 0.813. The van der Waals surface area contributed by atoms with E-state index in [1.807, 2.05) is 54.6 Å². The molecule has 26 heavy (non-hydrogen) atoms. The fourth-order valence-electron chi connectivity index (χ4n) is 2.75. The van der Waals surface area contributed by atoms with Crippen molar-refractivity contribution >= 4 is 16.9 Å². The van der Waals surface area contributed by atoms with E-state index in [2.05, 4.69) is 4.98 Å². The Labute approximate surface area is 151 Å². The van der Waals surface area contributed by atoms with Gasteiger partial charge in [-0.3, -0.25) is 0 Å². The molecule has 4 aromatic rings. The summed E-state index contributed by atoms with van der Waals surface area (Å²) in [7, 11) is 0. The zero-order valence-corrected chi connectivity index (χ0v) is 14.0. The first kappa shape index (κ1) is 16.0. The largest absolute Gasteiger partial charge is 0.489 e. The fourth-order valence-corrected chi connectivity index (χ4v) is 2.75. The number of hydrogen-bond donors (Lipinski definition) is 1. The molecule has 0 atom stereocenters. The molecular weight excluding hydrogens is 326 g/mol. The molecule has 0 spiro atoms. The Bertz CT molecular complexity index is 1020. The first-order chi connectivity index (χ1) is 12.8. The van der Waals surface area contributed by atoms with Crippen molar-refractivity contribution in [2.45, 2.75) is 6.61 Å². The maximum absolute atomic E-state index is 12.4. The van der Waals surface area contributed by atoms with Gasteiger partial charge in [0.05, 0.1) is 5.56 Å². The van der Waals surface area contributed by atoms with Gasteiger partial charge in [0.25, 0.3) is 0 Å². The number of carbonyl (C=O) groups excluding carboxylic acids is 1. The highest BCUT2D eigenvalue weighted by Gasteiger charge is 2.14. The number of H-pyrrole nitrogens is 1. The molecule has 4 heteroatoms. The molecule has 3 aromatic carbocycles. The Morgan fingerprint density at radius 3 is 2.31 bits per heavy atom. The highest BCUT2D eigenvalue weighted by atomic mass is 16.5. The van der Waals surface area contributed by atoms with E-state index in [4.69, 9.17) is 9.47 Å². The monoisotopic (exact) mass is 343 g/mol. The van der Waals surface area contributed by atoms with Gasteiger partial charge in [-0.05, 0) is 35.9 Å². The molecule has 4 rings (SSSR count). The molecule has 4 nitrogen and oxygen atoms in total. The van der Waals surface area contributed by atoms with Gasteiger partial charge >= 0.3 is 5.97 Å². The standard InChI is InChI=1S/C22H17NO3/c24-22(20-14-23-21-9-5-4-8-19(20)21)26-18-12-10-17(11-13-18)25-15-16-6-2-1-3-7-16/h1-14,23H,15H2. The second kappa shape index (κ2) is 7.15. The van der Waals surface area contributed by atoms with E-state index in [1.54, 1.807) is 30.5 Å². The van der Waals surface area contributed by atoms with Crippen LogP contribution < -0.4 is 9.47 Å². The van der Waals surface area contributed by atoms with Crippen LogP contribution in [-0.4, -0.2) is 11.0 Å². The van der Waals surface area contributed by atoms with Crippen LogP contribution in [0, 0.1) is 0 Å². The number of rotatable bonds is 5. The molecular formula is C22H17NO3. The lowest BCUT2D eigenvalue weighted by Gasteiger charge is -2.08. The Kier molecular flexibility index (Phi) is 4.39. The fraction of sp³-hybridized carbons (Fsp3) is 0.0455. The van der Waals surface area contributed by atoms with Crippen LogP contribution >= 0.6 is 0 Å². The predicted octanol–water partition coefficient (Wildman–Crippen LogP) is 4.97. The molecule has 0 saturated heterocycles. The Balaban J connectivity index is 1.41. The van der Waals surface area contributed by atoms with Crippen molar-refractivity contribution in [1.29, 1.82) is 0 Å².